The lowest BCUT2D eigenvalue weighted by Crippen LogP contribution is -2.32. The second kappa shape index (κ2) is 5.73. The van der Waals surface area contributed by atoms with Crippen molar-refractivity contribution >= 4 is 6.09 Å². The SMILES string of the molecule is C=CCOC(=O)N(C)CCN. The average molecular weight is 158 g/mol. The van der Waals surface area contributed by atoms with Crippen LogP contribution < -0.4 is 5.73 Å². The van der Waals surface area contributed by atoms with Crippen molar-refractivity contribution < 1.29 is 9.53 Å². The first kappa shape index (κ1) is 9.97. The Kier molecular flexibility index (Phi) is 5.20. The Morgan fingerprint density at radius 2 is 2.45 bits per heavy atom. The summed E-state index contributed by atoms with van der Waals surface area (Å²) in [6, 6.07) is 0. The number of carbonyl (C=O) groups excluding carboxylic acids is 1. The highest BCUT2D eigenvalue weighted by Crippen LogP contribution is 1.88. The molecule has 0 radical (unpaired) electrons. The Balaban J connectivity index is 3.54. The average Bonchev–Trinajstić information content (AvgIpc) is 2.00. The van der Waals surface area contributed by atoms with Crippen molar-refractivity contribution in [2.45, 2.75) is 0 Å². The lowest BCUT2D eigenvalue weighted by molar-refractivity contribution is 0.122. The molecule has 0 aliphatic heterocycles. The Bertz CT molecular complexity index is 136. The summed E-state index contributed by atoms with van der Waals surface area (Å²) in [7, 11) is 1.64. The number of hydrogen-bond acceptors (Lipinski definition) is 3. The molecule has 0 aliphatic rings. The second-order valence-corrected chi connectivity index (χ2v) is 2.08. The summed E-state index contributed by atoms with van der Waals surface area (Å²) in [5.74, 6) is 0. The zero-order valence-corrected chi connectivity index (χ0v) is 6.75. The lowest BCUT2D eigenvalue weighted by atomic mass is 10.6. The van der Waals surface area contributed by atoms with E-state index in [0.29, 0.717) is 13.1 Å². The van der Waals surface area contributed by atoms with E-state index in [9.17, 15) is 4.79 Å². The first-order chi connectivity index (χ1) is 5.22. The van der Waals surface area contributed by atoms with Gasteiger partial charge in [-0.2, -0.15) is 0 Å². The van der Waals surface area contributed by atoms with Crippen molar-refractivity contribution in [3.63, 3.8) is 0 Å². The molecule has 0 spiro atoms. The number of nitrogens with zero attached hydrogens (tertiary/aromatic N) is 1. The molecule has 0 atom stereocenters. The molecule has 0 unspecified atom stereocenters. The van der Waals surface area contributed by atoms with E-state index in [1.807, 2.05) is 0 Å². The van der Waals surface area contributed by atoms with Gasteiger partial charge in [0.05, 0.1) is 0 Å². The quantitative estimate of drug-likeness (QED) is 0.594. The van der Waals surface area contributed by atoms with Gasteiger partial charge in [0.15, 0.2) is 0 Å². The van der Waals surface area contributed by atoms with Crippen LogP contribution in [0.2, 0.25) is 0 Å². The van der Waals surface area contributed by atoms with Gasteiger partial charge in [0.25, 0.3) is 0 Å². The molecule has 0 aromatic rings. The topological polar surface area (TPSA) is 55.6 Å². The molecule has 4 heteroatoms. The zero-order chi connectivity index (χ0) is 8.69. The van der Waals surface area contributed by atoms with Crippen molar-refractivity contribution in [2.24, 2.45) is 5.73 Å². The second-order valence-electron chi connectivity index (χ2n) is 2.08. The third kappa shape index (κ3) is 4.38. The normalized spacial score (nSPS) is 8.91. The minimum atomic E-state index is -0.365. The van der Waals surface area contributed by atoms with Crippen LogP contribution in [0, 0.1) is 0 Å². The summed E-state index contributed by atoms with van der Waals surface area (Å²) < 4.78 is 4.72. The predicted molar refractivity (Wildman–Crippen MR) is 43.2 cm³/mol. The lowest BCUT2D eigenvalue weighted by Gasteiger charge is -2.14. The highest BCUT2D eigenvalue weighted by molar-refractivity contribution is 5.67. The maximum atomic E-state index is 10.9. The van der Waals surface area contributed by atoms with Gasteiger partial charge in [0.1, 0.15) is 6.61 Å². The number of hydrogen-bond donors (Lipinski definition) is 1. The summed E-state index contributed by atoms with van der Waals surface area (Å²) in [6.45, 7) is 4.62. The van der Waals surface area contributed by atoms with E-state index in [2.05, 4.69) is 6.58 Å². The van der Waals surface area contributed by atoms with Gasteiger partial charge in [-0.15, -0.1) is 0 Å². The van der Waals surface area contributed by atoms with Crippen LogP contribution in [0.25, 0.3) is 0 Å². The maximum Gasteiger partial charge on any atom is 0.409 e. The fourth-order valence-electron chi connectivity index (χ4n) is 0.525. The van der Waals surface area contributed by atoms with Crippen LogP contribution in [0.4, 0.5) is 4.79 Å². The van der Waals surface area contributed by atoms with Crippen LogP contribution in [0.3, 0.4) is 0 Å². The fraction of sp³-hybridized carbons (Fsp3) is 0.571. The summed E-state index contributed by atoms with van der Waals surface area (Å²) >= 11 is 0. The van der Waals surface area contributed by atoms with Crippen molar-refractivity contribution in [2.75, 3.05) is 26.7 Å². The molecule has 0 aliphatic carbocycles. The van der Waals surface area contributed by atoms with Gasteiger partial charge >= 0.3 is 6.09 Å². The summed E-state index contributed by atoms with van der Waals surface area (Å²) in [4.78, 5) is 12.3. The third-order valence-corrected chi connectivity index (χ3v) is 1.10. The summed E-state index contributed by atoms with van der Waals surface area (Å²) in [5, 5.41) is 0. The third-order valence-electron chi connectivity index (χ3n) is 1.10. The number of nitrogens with two attached hydrogens (primary N) is 1. The molecule has 0 bridgehead atoms. The van der Waals surface area contributed by atoms with Gasteiger partial charge in [-0.05, 0) is 0 Å². The van der Waals surface area contributed by atoms with Crippen LogP contribution >= 0.6 is 0 Å². The van der Waals surface area contributed by atoms with Crippen LogP contribution in [0.1, 0.15) is 0 Å². The minimum absolute atomic E-state index is 0.244. The van der Waals surface area contributed by atoms with Crippen LogP contribution in [0.5, 0.6) is 0 Å². The van der Waals surface area contributed by atoms with Crippen molar-refractivity contribution in [1.29, 1.82) is 0 Å². The maximum absolute atomic E-state index is 10.9. The van der Waals surface area contributed by atoms with Crippen molar-refractivity contribution in [1.82, 2.24) is 4.90 Å². The number of amides is 1. The molecular weight excluding hydrogens is 144 g/mol. The Hall–Kier alpha value is -1.03. The molecule has 0 saturated carbocycles. The standard InChI is InChI=1S/C7H14N2O2/c1-3-6-11-7(10)9(2)5-4-8/h3H,1,4-6,8H2,2H3. The number of rotatable bonds is 4. The highest BCUT2D eigenvalue weighted by Gasteiger charge is 2.06. The molecule has 64 valence electrons. The first-order valence-corrected chi connectivity index (χ1v) is 3.41. The van der Waals surface area contributed by atoms with Gasteiger partial charge in [0.2, 0.25) is 0 Å². The Labute approximate surface area is 66.6 Å². The molecule has 0 rings (SSSR count). The van der Waals surface area contributed by atoms with Crippen molar-refractivity contribution in [3.05, 3.63) is 12.7 Å². The molecule has 0 fully saturated rings. The van der Waals surface area contributed by atoms with E-state index < -0.39 is 0 Å². The Morgan fingerprint density at radius 3 is 2.91 bits per heavy atom. The fourth-order valence-corrected chi connectivity index (χ4v) is 0.525. The molecule has 2 N–H and O–H groups in total. The highest BCUT2D eigenvalue weighted by atomic mass is 16.6. The number of carbonyl (C=O) groups is 1. The van der Waals surface area contributed by atoms with E-state index in [0.717, 1.165) is 0 Å². The zero-order valence-electron chi connectivity index (χ0n) is 6.75. The molecule has 0 aromatic heterocycles. The largest absolute Gasteiger partial charge is 0.445 e. The van der Waals surface area contributed by atoms with Gasteiger partial charge in [0, 0.05) is 20.1 Å². The van der Waals surface area contributed by atoms with E-state index in [4.69, 9.17) is 10.5 Å². The predicted octanol–water partition coefficient (Wildman–Crippen LogP) is 0.200. The van der Waals surface area contributed by atoms with E-state index >= 15 is 0 Å². The molecule has 1 amide bonds. The molecular formula is C7H14N2O2. The van der Waals surface area contributed by atoms with Gasteiger partial charge < -0.3 is 15.4 Å². The van der Waals surface area contributed by atoms with E-state index in [1.54, 1.807) is 7.05 Å². The van der Waals surface area contributed by atoms with E-state index in [-0.39, 0.29) is 12.7 Å². The van der Waals surface area contributed by atoms with Crippen LogP contribution in [-0.4, -0.2) is 37.7 Å². The summed E-state index contributed by atoms with van der Waals surface area (Å²) in [6.07, 6.45) is 1.16. The summed E-state index contributed by atoms with van der Waals surface area (Å²) in [5.41, 5.74) is 5.23. The van der Waals surface area contributed by atoms with Gasteiger partial charge in [-0.3, -0.25) is 0 Å². The van der Waals surface area contributed by atoms with Gasteiger partial charge in [-0.1, -0.05) is 12.7 Å². The molecule has 0 heterocycles. The van der Waals surface area contributed by atoms with Crippen LogP contribution in [-0.2, 0) is 4.74 Å². The Morgan fingerprint density at radius 1 is 1.82 bits per heavy atom. The smallest absolute Gasteiger partial charge is 0.409 e. The van der Waals surface area contributed by atoms with E-state index in [1.165, 1.54) is 11.0 Å². The van der Waals surface area contributed by atoms with Crippen molar-refractivity contribution in [3.8, 4) is 0 Å². The molecule has 0 saturated heterocycles. The number of likely N-dealkylation sites (N-methyl/N-ethyl adjacent to an activating group) is 1. The minimum Gasteiger partial charge on any atom is -0.445 e. The molecule has 11 heavy (non-hydrogen) atoms. The number of ether oxygens (including phenoxy) is 1. The monoisotopic (exact) mass is 158 g/mol. The van der Waals surface area contributed by atoms with Gasteiger partial charge in [-0.25, -0.2) is 4.79 Å². The molecule has 4 nitrogen and oxygen atoms in total. The first-order valence-electron chi connectivity index (χ1n) is 3.41. The van der Waals surface area contributed by atoms with Crippen LogP contribution in [0.15, 0.2) is 12.7 Å². The molecule has 0 aromatic carbocycles.